The van der Waals surface area contributed by atoms with Gasteiger partial charge in [-0.1, -0.05) is 18.2 Å². The molecule has 1 saturated heterocycles. The Labute approximate surface area is 163 Å². The topological polar surface area (TPSA) is 87.1 Å². The summed E-state index contributed by atoms with van der Waals surface area (Å²) in [5.41, 5.74) is 2.44. The summed E-state index contributed by atoms with van der Waals surface area (Å²) in [5.74, 6) is 1.20. The van der Waals surface area contributed by atoms with Crippen molar-refractivity contribution in [2.24, 2.45) is 0 Å². The summed E-state index contributed by atoms with van der Waals surface area (Å²) in [5, 5.41) is 3.25. The Bertz CT molecular complexity index is 956. The molecular weight excluding hydrogens is 354 g/mol. The summed E-state index contributed by atoms with van der Waals surface area (Å²) < 4.78 is 0. The van der Waals surface area contributed by atoms with Crippen molar-refractivity contribution in [2.45, 2.75) is 6.92 Å². The van der Waals surface area contributed by atoms with Gasteiger partial charge in [-0.05, 0) is 24.6 Å². The Kier molecular flexibility index (Phi) is 5.09. The van der Waals surface area contributed by atoms with Crippen LogP contribution in [0.4, 0.5) is 17.5 Å². The smallest absolute Gasteiger partial charge is 0.272 e. The van der Waals surface area contributed by atoms with Gasteiger partial charge in [-0.25, -0.2) is 19.9 Å². The van der Waals surface area contributed by atoms with E-state index in [0.29, 0.717) is 43.6 Å². The number of anilines is 3. The minimum atomic E-state index is -0.0936. The predicted molar refractivity (Wildman–Crippen MR) is 107 cm³/mol. The first-order chi connectivity index (χ1) is 13.7. The molecule has 4 rings (SSSR count). The van der Waals surface area contributed by atoms with Gasteiger partial charge in [0, 0.05) is 50.3 Å². The van der Waals surface area contributed by atoms with Crippen LogP contribution in [0.5, 0.6) is 0 Å². The summed E-state index contributed by atoms with van der Waals surface area (Å²) in [6.45, 7) is 4.60. The van der Waals surface area contributed by atoms with Crippen LogP contribution in [-0.2, 0) is 0 Å². The average molecular weight is 375 g/mol. The number of amides is 1. The molecule has 1 N–H and O–H groups in total. The molecule has 0 saturated carbocycles. The van der Waals surface area contributed by atoms with Gasteiger partial charge in [-0.2, -0.15) is 0 Å². The van der Waals surface area contributed by atoms with E-state index >= 15 is 0 Å². The lowest BCUT2D eigenvalue weighted by molar-refractivity contribution is 0.0740. The number of hydrogen-bond acceptors (Lipinski definition) is 7. The third-order valence-electron chi connectivity index (χ3n) is 4.70. The lowest BCUT2D eigenvalue weighted by Gasteiger charge is -2.34. The van der Waals surface area contributed by atoms with Crippen molar-refractivity contribution in [3.8, 4) is 0 Å². The summed E-state index contributed by atoms with van der Waals surface area (Å²) >= 11 is 0. The second-order valence-corrected chi connectivity index (χ2v) is 6.56. The standard InChI is InChI=1S/C20H21N7O/c1-15-5-2-3-6-16(15)25-18-13-17(23-14-24-18)19(28)26-9-11-27(12-10-26)20-21-7-4-8-22-20/h2-8,13-14H,9-12H2,1H3,(H,23,24,25). The predicted octanol–water partition coefficient (Wildman–Crippen LogP) is 2.28. The van der Waals surface area contributed by atoms with Crippen LogP contribution in [-0.4, -0.2) is 56.9 Å². The highest BCUT2D eigenvalue weighted by Crippen LogP contribution is 2.19. The number of piperazine rings is 1. The summed E-state index contributed by atoms with van der Waals surface area (Å²) in [6, 6.07) is 11.4. The number of hydrogen-bond donors (Lipinski definition) is 1. The average Bonchev–Trinajstić information content (AvgIpc) is 2.76. The second-order valence-electron chi connectivity index (χ2n) is 6.56. The maximum atomic E-state index is 12.9. The van der Waals surface area contributed by atoms with Crippen molar-refractivity contribution in [1.82, 2.24) is 24.8 Å². The Morgan fingerprint density at radius 3 is 2.46 bits per heavy atom. The normalized spacial score (nSPS) is 14.0. The van der Waals surface area contributed by atoms with Gasteiger partial charge in [-0.15, -0.1) is 0 Å². The fourth-order valence-corrected chi connectivity index (χ4v) is 3.12. The van der Waals surface area contributed by atoms with Gasteiger partial charge < -0.3 is 15.1 Å². The highest BCUT2D eigenvalue weighted by Gasteiger charge is 2.24. The molecule has 3 heterocycles. The van der Waals surface area contributed by atoms with E-state index in [-0.39, 0.29) is 5.91 Å². The first kappa shape index (κ1) is 17.8. The Hall–Kier alpha value is -3.55. The molecule has 1 aliphatic rings. The number of benzene rings is 1. The van der Waals surface area contributed by atoms with E-state index < -0.39 is 0 Å². The minimum absolute atomic E-state index is 0.0936. The quantitative estimate of drug-likeness (QED) is 0.748. The number of aryl methyl sites for hydroxylation is 1. The molecule has 0 aliphatic carbocycles. The van der Waals surface area contributed by atoms with E-state index in [0.717, 1.165) is 11.3 Å². The van der Waals surface area contributed by atoms with Gasteiger partial charge >= 0.3 is 0 Å². The first-order valence-electron chi connectivity index (χ1n) is 9.16. The van der Waals surface area contributed by atoms with Crippen LogP contribution < -0.4 is 10.2 Å². The van der Waals surface area contributed by atoms with E-state index in [1.165, 1.54) is 6.33 Å². The molecule has 1 aromatic carbocycles. The van der Waals surface area contributed by atoms with Crippen LogP contribution in [0.2, 0.25) is 0 Å². The Morgan fingerprint density at radius 1 is 0.964 bits per heavy atom. The van der Waals surface area contributed by atoms with Crippen molar-refractivity contribution in [3.05, 3.63) is 66.4 Å². The largest absolute Gasteiger partial charge is 0.340 e. The Morgan fingerprint density at radius 2 is 1.71 bits per heavy atom. The zero-order valence-electron chi connectivity index (χ0n) is 15.6. The molecular formula is C20H21N7O. The van der Waals surface area contributed by atoms with Crippen LogP contribution >= 0.6 is 0 Å². The van der Waals surface area contributed by atoms with Crippen molar-refractivity contribution in [2.75, 3.05) is 36.4 Å². The van der Waals surface area contributed by atoms with E-state index in [1.54, 1.807) is 29.4 Å². The number of rotatable bonds is 4. The lowest BCUT2D eigenvalue weighted by Crippen LogP contribution is -2.49. The third-order valence-corrected chi connectivity index (χ3v) is 4.70. The molecule has 2 aromatic heterocycles. The van der Waals surface area contributed by atoms with Gasteiger partial charge in [0.1, 0.15) is 17.8 Å². The molecule has 1 aliphatic heterocycles. The van der Waals surface area contributed by atoms with E-state index in [4.69, 9.17) is 0 Å². The fourth-order valence-electron chi connectivity index (χ4n) is 3.12. The molecule has 0 spiro atoms. The maximum absolute atomic E-state index is 12.9. The first-order valence-corrected chi connectivity index (χ1v) is 9.16. The van der Waals surface area contributed by atoms with Crippen molar-refractivity contribution >= 4 is 23.4 Å². The second kappa shape index (κ2) is 7.99. The van der Waals surface area contributed by atoms with Gasteiger partial charge in [0.25, 0.3) is 5.91 Å². The van der Waals surface area contributed by atoms with E-state index in [2.05, 4.69) is 30.2 Å². The van der Waals surface area contributed by atoms with Crippen molar-refractivity contribution in [1.29, 1.82) is 0 Å². The molecule has 8 nitrogen and oxygen atoms in total. The number of carbonyl (C=O) groups excluding carboxylic acids is 1. The van der Waals surface area contributed by atoms with Crippen LogP contribution in [0.1, 0.15) is 16.1 Å². The highest BCUT2D eigenvalue weighted by atomic mass is 16.2. The number of nitrogens with zero attached hydrogens (tertiary/aromatic N) is 6. The monoisotopic (exact) mass is 375 g/mol. The summed E-state index contributed by atoms with van der Waals surface area (Å²) in [7, 11) is 0. The van der Waals surface area contributed by atoms with Gasteiger partial charge in [0.05, 0.1) is 0 Å². The molecule has 1 fully saturated rings. The molecule has 0 unspecified atom stereocenters. The summed E-state index contributed by atoms with van der Waals surface area (Å²) in [4.78, 5) is 33.7. The molecule has 142 valence electrons. The SMILES string of the molecule is Cc1ccccc1Nc1cc(C(=O)N2CCN(c3ncccn3)CC2)ncn1. The molecule has 1 amide bonds. The zero-order valence-corrected chi connectivity index (χ0v) is 15.6. The lowest BCUT2D eigenvalue weighted by atomic mass is 10.2. The van der Waals surface area contributed by atoms with E-state index in [9.17, 15) is 4.79 Å². The molecule has 0 atom stereocenters. The number of carbonyl (C=O) groups is 1. The van der Waals surface area contributed by atoms with Gasteiger partial charge in [0.15, 0.2) is 0 Å². The Balaban J connectivity index is 1.42. The highest BCUT2D eigenvalue weighted by molar-refractivity contribution is 5.93. The van der Waals surface area contributed by atoms with Crippen LogP contribution in [0, 0.1) is 6.92 Å². The zero-order chi connectivity index (χ0) is 19.3. The van der Waals surface area contributed by atoms with Crippen LogP contribution in [0.15, 0.2) is 55.1 Å². The van der Waals surface area contributed by atoms with Gasteiger partial charge in [-0.3, -0.25) is 4.79 Å². The molecule has 3 aromatic rings. The minimum Gasteiger partial charge on any atom is -0.340 e. The number of aromatic nitrogens is 4. The molecule has 0 radical (unpaired) electrons. The third kappa shape index (κ3) is 3.90. The van der Waals surface area contributed by atoms with Crippen molar-refractivity contribution in [3.63, 3.8) is 0 Å². The van der Waals surface area contributed by atoms with Gasteiger partial charge in [0.2, 0.25) is 5.95 Å². The van der Waals surface area contributed by atoms with E-state index in [1.807, 2.05) is 31.2 Å². The number of para-hydroxylation sites is 1. The molecule has 0 bridgehead atoms. The van der Waals surface area contributed by atoms with Crippen LogP contribution in [0.25, 0.3) is 0 Å². The van der Waals surface area contributed by atoms with Crippen LogP contribution in [0.3, 0.4) is 0 Å². The molecule has 28 heavy (non-hydrogen) atoms. The fraction of sp³-hybridized carbons (Fsp3) is 0.250. The molecule has 8 heteroatoms. The van der Waals surface area contributed by atoms with Crippen molar-refractivity contribution < 1.29 is 4.79 Å². The summed E-state index contributed by atoms with van der Waals surface area (Å²) in [6.07, 6.45) is 4.87. The number of nitrogens with one attached hydrogen (secondary N) is 1. The maximum Gasteiger partial charge on any atom is 0.272 e.